The summed E-state index contributed by atoms with van der Waals surface area (Å²) in [6, 6.07) is 2.03. The van der Waals surface area contributed by atoms with Crippen molar-refractivity contribution in [3.63, 3.8) is 0 Å². The van der Waals surface area contributed by atoms with Crippen LogP contribution in [0.5, 0.6) is 0 Å². The molecule has 1 aliphatic heterocycles. The summed E-state index contributed by atoms with van der Waals surface area (Å²) >= 11 is 6.42. The molecule has 4 nitrogen and oxygen atoms in total. The average molecular weight is 311 g/mol. The monoisotopic (exact) mass is 310 g/mol. The van der Waals surface area contributed by atoms with Gasteiger partial charge < -0.3 is 10.2 Å². The molecule has 1 N–H and O–H groups in total. The summed E-state index contributed by atoms with van der Waals surface area (Å²) in [5.41, 5.74) is 1.14. The molecule has 0 radical (unpaired) electrons. The van der Waals surface area contributed by atoms with E-state index in [2.05, 4.69) is 40.9 Å². The summed E-state index contributed by atoms with van der Waals surface area (Å²) < 4.78 is 0. The molecule has 0 spiro atoms. The molecule has 0 atom stereocenters. The number of halogens is 1. The van der Waals surface area contributed by atoms with E-state index in [0.29, 0.717) is 0 Å². The maximum absolute atomic E-state index is 6.42. The Balaban J connectivity index is 1.94. The van der Waals surface area contributed by atoms with Crippen molar-refractivity contribution in [2.24, 2.45) is 5.92 Å². The van der Waals surface area contributed by atoms with Crippen LogP contribution in [0.25, 0.3) is 0 Å². The van der Waals surface area contributed by atoms with E-state index in [1.807, 2.05) is 12.3 Å². The van der Waals surface area contributed by atoms with Gasteiger partial charge in [-0.25, -0.2) is 4.98 Å². The Morgan fingerprint density at radius 2 is 2.00 bits per heavy atom. The van der Waals surface area contributed by atoms with Crippen molar-refractivity contribution < 1.29 is 0 Å². The van der Waals surface area contributed by atoms with E-state index in [1.54, 1.807) is 0 Å². The summed E-state index contributed by atoms with van der Waals surface area (Å²) in [5, 5.41) is 4.06. The zero-order valence-corrected chi connectivity index (χ0v) is 14.2. The van der Waals surface area contributed by atoms with Gasteiger partial charge in [-0.05, 0) is 24.1 Å². The molecule has 0 amide bonds. The molecule has 0 aromatic carbocycles. The minimum Gasteiger partial charge on any atom is -0.353 e. The Bertz CT molecular complexity index is 442. The minimum atomic E-state index is 0.726. The highest BCUT2D eigenvalue weighted by atomic mass is 35.5. The molecule has 1 aromatic rings. The number of pyridine rings is 1. The standard InChI is InChI=1S/C16H27ClN4/c1-4-18-10-14-9-15(17)16(19-11-14)21-7-5-20(6-8-21)12-13(2)3/h9,11,13,18H,4-8,10,12H2,1-3H3. The lowest BCUT2D eigenvalue weighted by Gasteiger charge is -2.36. The Morgan fingerprint density at radius 3 is 2.57 bits per heavy atom. The minimum absolute atomic E-state index is 0.726. The van der Waals surface area contributed by atoms with Crippen LogP contribution in [-0.4, -0.2) is 49.2 Å². The number of nitrogens with one attached hydrogen (secondary N) is 1. The molecule has 0 bridgehead atoms. The molecule has 5 heteroatoms. The molecule has 1 fully saturated rings. The second kappa shape index (κ2) is 7.97. The van der Waals surface area contributed by atoms with Crippen LogP contribution in [0.2, 0.25) is 5.02 Å². The first kappa shape index (κ1) is 16.5. The molecule has 1 aliphatic rings. The van der Waals surface area contributed by atoms with Crippen LogP contribution in [0.3, 0.4) is 0 Å². The van der Waals surface area contributed by atoms with Gasteiger partial charge >= 0.3 is 0 Å². The van der Waals surface area contributed by atoms with Crippen molar-refractivity contribution in [3.05, 3.63) is 22.8 Å². The van der Waals surface area contributed by atoms with Crippen LogP contribution in [0.15, 0.2) is 12.3 Å². The molecule has 1 aromatic heterocycles. The van der Waals surface area contributed by atoms with Gasteiger partial charge in [0.1, 0.15) is 5.82 Å². The maximum atomic E-state index is 6.42. The highest BCUT2D eigenvalue weighted by Crippen LogP contribution is 2.25. The van der Waals surface area contributed by atoms with Gasteiger partial charge in [-0.3, -0.25) is 4.90 Å². The van der Waals surface area contributed by atoms with Gasteiger partial charge in [-0.2, -0.15) is 0 Å². The van der Waals surface area contributed by atoms with E-state index in [1.165, 1.54) is 6.54 Å². The molecular weight excluding hydrogens is 284 g/mol. The van der Waals surface area contributed by atoms with Crippen LogP contribution in [0, 0.1) is 5.92 Å². The molecular formula is C16H27ClN4. The summed E-state index contributed by atoms with van der Waals surface area (Å²) in [5.74, 6) is 1.66. The molecule has 0 saturated carbocycles. The van der Waals surface area contributed by atoms with Gasteiger partial charge in [0.2, 0.25) is 0 Å². The van der Waals surface area contributed by atoms with E-state index in [-0.39, 0.29) is 0 Å². The highest BCUT2D eigenvalue weighted by molar-refractivity contribution is 6.33. The summed E-state index contributed by atoms with van der Waals surface area (Å²) in [6.07, 6.45) is 1.93. The largest absolute Gasteiger partial charge is 0.353 e. The average Bonchev–Trinajstić information content (AvgIpc) is 2.46. The first-order valence-corrected chi connectivity index (χ1v) is 8.30. The predicted molar refractivity (Wildman–Crippen MR) is 90.1 cm³/mol. The third-order valence-electron chi connectivity index (χ3n) is 3.75. The lowest BCUT2D eigenvalue weighted by molar-refractivity contribution is 0.231. The third-order valence-corrected chi connectivity index (χ3v) is 4.03. The van der Waals surface area contributed by atoms with Gasteiger partial charge in [0.05, 0.1) is 5.02 Å². The van der Waals surface area contributed by atoms with E-state index in [0.717, 1.165) is 61.6 Å². The van der Waals surface area contributed by atoms with Gasteiger partial charge in [0, 0.05) is 45.5 Å². The molecule has 1 saturated heterocycles. The summed E-state index contributed by atoms with van der Waals surface area (Å²) in [6.45, 7) is 13.8. The van der Waals surface area contributed by atoms with E-state index < -0.39 is 0 Å². The fourth-order valence-electron chi connectivity index (χ4n) is 2.73. The maximum Gasteiger partial charge on any atom is 0.147 e. The summed E-state index contributed by atoms with van der Waals surface area (Å²) in [7, 11) is 0. The fraction of sp³-hybridized carbons (Fsp3) is 0.688. The van der Waals surface area contributed by atoms with Crippen molar-refractivity contribution in [2.45, 2.75) is 27.3 Å². The summed E-state index contributed by atoms with van der Waals surface area (Å²) in [4.78, 5) is 9.40. The van der Waals surface area contributed by atoms with Crippen LogP contribution in [0.4, 0.5) is 5.82 Å². The first-order chi connectivity index (χ1) is 10.1. The Morgan fingerprint density at radius 1 is 1.29 bits per heavy atom. The SMILES string of the molecule is CCNCc1cnc(N2CCN(CC(C)C)CC2)c(Cl)c1. The number of anilines is 1. The third kappa shape index (κ3) is 4.83. The normalized spacial score (nSPS) is 16.7. The topological polar surface area (TPSA) is 31.4 Å². The highest BCUT2D eigenvalue weighted by Gasteiger charge is 2.20. The van der Waals surface area contributed by atoms with Crippen molar-refractivity contribution >= 4 is 17.4 Å². The van der Waals surface area contributed by atoms with Crippen LogP contribution >= 0.6 is 11.6 Å². The van der Waals surface area contributed by atoms with Crippen molar-refractivity contribution in [1.82, 2.24) is 15.2 Å². The molecule has 0 unspecified atom stereocenters. The number of rotatable bonds is 6. The van der Waals surface area contributed by atoms with Gasteiger partial charge in [-0.1, -0.05) is 32.4 Å². The van der Waals surface area contributed by atoms with E-state index >= 15 is 0 Å². The lowest BCUT2D eigenvalue weighted by atomic mass is 10.2. The number of piperazine rings is 1. The van der Waals surface area contributed by atoms with Gasteiger partial charge in [-0.15, -0.1) is 0 Å². The molecule has 2 rings (SSSR count). The fourth-order valence-corrected chi connectivity index (χ4v) is 3.04. The zero-order chi connectivity index (χ0) is 15.2. The smallest absolute Gasteiger partial charge is 0.147 e. The molecule has 21 heavy (non-hydrogen) atoms. The number of nitrogens with zero attached hydrogens (tertiary/aromatic N) is 3. The molecule has 2 heterocycles. The Kier molecular flexibility index (Phi) is 6.27. The van der Waals surface area contributed by atoms with Crippen LogP contribution < -0.4 is 10.2 Å². The van der Waals surface area contributed by atoms with Crippen LogP contribution in [-0.2, 0) is 6.54 Å². The molecule has 0 aliphatic carbocycles. The quantitative estimate of drug-likeness (QED) is 0.875. The second-order valence-electron chi connectivity index (χ2n) is 6.11. The molecule has 118 valence electrons. The van der Waals surface area contributed by atoms with E-state index in [9.17, 15) is 0 Å². The first-order valence-electron chi connectivity index (χ1n) is 7.92. The Hall–Kier alpha value is -0.840. The van der Waals surface area contributed by atoms with Crippen molar-refractivity contribution in [2.75, 3.05) is 44.2 Å². The number of hydrogen-bond donors (Lipinski definition) is 1. The van der Waals surface area contributed by atoms with Crippen molar-refractivity contribution in [3.8, 4) is 0 Å². The Labute approximate surface area is 133 Å². The number of hydrogen-bond acceptors (Lipinski definition) is 4. The van der Waals surface area contributed by atoms with Gasteiger partial charge in [0.25, 0.3) is 0 Å². The lowest BCUT2D eigenvalue weighted by Crippen LogP contribution is -2.47. The van der Waals surface area contributed by atoms with Crippen molar-refractivity contribution in [1.29, 1.82) is 0 Å². The zero-order valence-electron chi connectivity index (χ0n) is 13.4. The number of aromatic nitrogens is 1. The van der Waals surface area contributed by atoms with Crippen LogP contribution in [0.1, 0.15) is 26.3 Å². The second-order valence-corrected chi connectivity index (χ2v) is 6.52. The predicted octanol–water partition coefficient (Wildman–Crippen LogP) is 2.62. The van der Waals surface area contributed by atoms with Gasteiger partial charge in [0.15, 0.2) is 0 Å². The van der Waals surface area contributed by atoms with E-state index in [4.69, 9.17) is 11.6 Å².